The number of nitrogens with zero attached hydrogens (tertiary/aromatic N) is 2. The van der Waals surface area contributed by atoms with E-state index in [0.29, 0.717) is 6.04 Å². The normalized spacial score (nSPS) is 11.3. The van der Waals surface area contributed by atoms with E-state index in [2.05, 4.69) is 44.2 Å². The summed E-state index contributed by atoms with van der Waals surface area (Å²) < 4.78 is 1.92. The molecule has 0 spiro atoms. The fourth-order valence-corrected chi connectivity index (χ4v) is 2.39. The van der Waals surface area contributed by atoms with Crippen LogP contribution >= 0.6 is 11.6 Å². The summed E-state index contributed by atoms with van der Waals surface area (Å²) in [6, 6.07) is 6.62. The third-order valence-electron chi connectivity index (χ3n) is 3.61. The van der Waals surface area contributed by atoms with Crippen LogP contribution in [0.25, 0.3) is 5.69 Å². The van der Waals surface area contributed by atoms with Gasteiger partial charge in [0.05, 0.1) is 16.4 Å². The van der Waals surface area contributed by atoms with Gasteiger partial charge in [0, 0.05) is 18.3 Å². The highest BCUT2D eigenvalue weighted by atomic mass is 35.5. The fraction of sp³-hybridized carbons (Fsp3) is 0.438. The van der Waals surface area contributed by atoms with Crippen LogP contribution < -0.4 is 5.32 Å². The second-order valence-corrected chi connectivity index (χ2v) is 5.94. The standard InChI is InChI=1S/C16H22ClN3/c1-10(2)18-9-14-6-7-16(15(17)8-14)20-13(5)11(3)12(4)19-20/h6-8,10,18H,9H2,1-5H3. The van der Waals surface area contributed by atoms with Crippen LogP contribution in [0.1, 0.15) is 36.4 Å². The highest BCUT2D eigenvalue weighted by Gasteiger charge is 2.12. The van der Waals surface area contributed by atoms with Crippen molar-refractivity contribution in [2.75, 3.05) is 0 Å². The smallest absolute Gasteiger partial charge is 0.0835 e. The van der Waals surface area contributed by atoms with E-state index in [1.165, 1.54) is 11.1 Å². The molecule has 1 heterocycles. The molecule has 2 rings (SSSR count). The number of aryl methyl sites for hydroxylation is 1. The fourth-order valence-electron chi connectivity index (χ4n) is 2.11. The number of halogens is 1. The van der Waals surface area contributed by atoms with Gasteiger partial charge in [0.2, 0.25) is 0 Å². The van der Waals surface area contributed by atoms with Crippen molar-refractivity contribution in [3.8, 4) is 5.69 Å². The molecule has 3 nitrogen and oxygen atoms in total. The van der Waals surface area contributed by atoms with Crippen LogP contribution in [0.15, 0.2) is 18.2 Å². The largest absolute Gasteiger partial charge is 0.310 e. The van der Waals surface area contributed by atoms with Crippen molar-refractivity contribution in [1.82, 2.24) is 15.1 Å². The third kappa shape index (κ3) is 3.05. The van der Waals surface area contributed by atoms with Crippen LogP contribution in [0.3, 0.4) is 0 Å². The van der Waals surface area contributed by atoms with Crippen LogP contribution in [0.5, 0.6) is 0 Å². The van der Waals surface area contributed by atoms with E-state index in [1.807, 2.05) is 23.7 Å². The van der Waals surface area contributed by atoms with Crippen molar-refractivity contribution in [3.05, 3.63) is 45.7 Å². The van der Waals surface area contributed by atoms with Crippen molar-refractivity contribution in [2.45, 2.75) is 47.2 Å². The number of hydrogen-bond donors (Lipinski definition) is 1. The first kappa shape index (κ1) is 15.1. The third-order valence-corrected chi connectivity index (χ3v) is 3.91. The lowest BCUT2D eigenvalue weighted by molar-refractivity contribution is 0.589. The lowest BCUT2D eigenvalue weighted by atomic mass is 10.2. The molecule has 0 radical (unpaired) electrons. The van der Waals surface area contributed by atoms with Gasteiger partial charge in [-0.1, -0.05) is 31.5 Å². The molecule has 2 aromatic rings. The van der Waals surface area contributed by atoms with Gasteiger partial charge in [0.1, 0.15) is 0 Å². The predicted octanol–water partition coefficient (Wildman–Crippen LogP) is 3.95. The lowest BCUT2D eigenvalue weighted by Gasteiger charge is -2.11. The Labute approximate surface area is 126 Å². The molecule has 4 heteroatoms. The summed E-state index contributed by atoms with van der Waals surface area (Å²) in [6.45, 7) is 11.3. The van der Waals surface area contributed by atoms with E-state index in [4.69, 9.17) is 11.6 Å². The highest BCUT2D eigenvalue weighted by molar-refractivity contribution is 6.32. The molecule has 0 atom stereocenters. The second kappa shape index (κ2) is 5.98. The van der Waals surface area contributed by atoms with Crippen LogP contribution in [-0.4, -0.2) is 15.8 Å². The molecular weight excluding hydrogens is 270 g/mol. The van der Waals surface area contributed by atoms with Gasteiger partial charge in [0.25, 0.3) is 0 Å². The zero-order valence-corrected chi connectivity index (χ0v) is 13.5. The lowest BCUT2D eigenvalue weighted by Crippen LogP contribution is -2.21. The van der Waals surface area contributed by atoms with Crippen molar-refractivity contribution < 1.29 is 0 Å². The minimum atomic E-state index is 0.465. The predicted molar refractivity (Wildman–Crippen MR) is 84.8 cm³/mol. The number of hydrogen-bond acceptors (Lipinski definition) is 2. The summed E-state index contributed by atoms with van der Waals surface area (Å²) in [6.07, 6.45) is 0. The van der Waals surface area contributed by atoms with E-state index >= 15 is 0 Å². The van der Waals surface area contributed by atoms with Crippen LogP contribution in [0.4, 0.5) is 0 Å². The van der Waals surface area contributed by atoms with Crippen molar-refractivity contribution in [2.24, 2.45) is 0 Å². The van der Waals surface area contributed by atoms with Crippen LogP contribution in [0.2, 0.25) is 5.02 Å². The molecule has 0 aliphatic heterocycles. The van der Waals surface area contributed by atoms with Gasteiger partial charge in [-0.2, -0.15) is 5.10 Å². The minimum absolute atomic E-state index is 0.465. The zero-order valence-electron chi connectivity index (χ0n) is 12.8. The van der Waals surface area contributed by atoms with E-state index in [1.54, 1.807) is 0 Å². The van der Waals surface area contributed by atoms with Gasteiger partial charge in [-0.05, 0) is 44.0 Å². The number of benzene rings is 1. The highest BCUT2D eigenvalue weighted by Crippen LogP contribution is 2.25. The van der Waals surface area contributed by atoms with Crippen molar-refractivity contribution in [1.29, 1.82) is 0 Å². The Bertz CT molecular complexity index is 614. The Morgan fingerprint density at radius 2 is 1.95 bits per heavy atom. The topological polar surface area (TPSA) is 29.9 Å². The molecule has 0 unspecified atom stereocenters. The summed E-state index contributed by atoms with van der Waals surface area (Å²) in [5, 5.41) is 8.69. The minimum Gasteiger partial charge on any atom is -0.310 e. The molecule has 0 saturated heterocycles. The molecule has 0 fully saturated rings. The maximum Gasteiger partial charge on any atom is 0.0835 e. The van der Waals surface area contributed by atoms with E-state index in [-0.39, 0.29) is 0 Å². The first-order valence-corrected chi connectivity index (χ1v) is 7.33. The molecule has 1 aromatic heterocycles. The quantitative estimate of drug-likeness (QED) is 0.924. The Morgan fingerprint density at radius 1 is 1.25 bits per heavy atom. The van der Waals surface area contributed by atoms with Crippen LogP contribution in [-0.2, 0) is 6.54 Å². The first-order chi connectivity index (χ1) is 9.40. The molecular formula is C16H22ClN3. The Morgan fingerprint density at radius 3 is 2.45 bits per heavy atom. The molecule has 108 valence electrons. The molecule has 0 saturated carbocycles. The zero-order chi connectivity index (χ0) is 14.9. The molecule has 1 N–H and O–H groups in total. The molecule has 20 heavy (non-hydrogen) atoms. The van der Waals surface area contributed by atoms with Gasteiger partial charge < -0.3 is 5.32 Å². The summed E-state index contributed by atoms with van der Waals surface area (Å²) in [5.74, 6) is 0. The van der Waals surface area contributed by atoms with Gasteiger partial charge in [-0.25, -0.2) is 4.68 Å². The number of nitrogens with one attached hydrogen (secondary N) is 1. The van der Waals surface area contributed by atoms with Gasteiger partial charge in [-0.15, -0.1) is 0 Å². The molecule has 0 amide bonds. The Hall–Kier alpha value is -1.32. The summed E-state index contributed by atoms with van der Waals surface area (Å²) in [4.78, 5) is 0. The summed E-state index contributed by atoms with van der Waals surface area (Å²) >= 11 is 6.42. The molecule has 0 aliphatic carbocycles. The van der Waals surface area contributed by atoms with Crippen molar-refractivity contribution in [3.63, 3.8) is 0 Å². The molecule has 1 aromatic carbocycles. The van der Waals surface area contributed by atoms with Crippen molar-refractivity contribution >= 4 is 11.6 Å². The van der Waals surface area contributed by atoms with Gasteiger partial charge in [-0.3, -0.25) is 0 Å². The van der Waals surface area contributed by atoms with E-state index in [0.717, 1.165) is 28.6 Å². The molecule has 0 bridgehead atoms. The Balaban J connectivity index is 2.32. The summed E-state index contributed by atoms with van der Waals surface area (Å²) in [5.41, 5.74) is 5.52. The monoisotopic (exact) mass is 291 g/mol. The Kier molecular flexibility index (Phi) is 4.51. The van der Waals surface area contributed by atoms with E-state index < -0.39 is 0 Å². The SMILES string of the molecule is Cc1nn(-c2ccc(CNC(C)C)cc2Cl)c(C)c1C. The van der Waals surface area contributed by atoms with E-state index in [9.17, 15) is 0 Å². The average molecular weight is 292 g/mol. The van der Waals surface area contributed by atoms with Gasteiger partial charge in [0.15, 0.2) is 0 Å². The average Bonchev–Trinajstić information content (AvgIpc) is 2.64. The number of aromatic nitrogens is 2. The van der Waals surface area contributed by atoms with Gasteiger partial charge >= 0.3 is 0 Å². The molecule has 0 aliphatic rings. The first-order valence-electron chi connectivity index (χ1n) is 6.95. The summed E-state index contributed by atoms with van der Waals surface area (Å²) in [7, 11) is 0. The second-order valence-electron chi connectivity index (χ2n) is 5.53. The van der Waals surface area contributed by atoms with Crippen LogP contribution in [0, 0.1) is 20.8 Å². The maximum atomic E-state index is 6.42. The maximum absolute atomic E-state index is 6.42. The number of rotatable bonds is 4.